The zero-order chi connectivity index (χ0) is 21.7. The van der Waals surface area contributed by atoms with E-state index in [1.165, 1.54) is 18.3 Å². The Balaban J connectivity index is 1.79. The van der Waals surface area contributed by atoms with Crippen LogP contribution in [-0.2, 0) is 6.54 Å². The number of imidazole rings is 1. The number of benzene rings is 2. The van der Waals surface area contributed by atoms with E-state index in [4.69, 9.17) is 4.74 Å². The molecule has 0 bridgehead atoms. The zero-order valence-electron chi connectivity index (χ0n) is 16.9. The number of para-hydroxylation sites is 1. The van der Waals surface area contributed by atoms with Crippen LogP contribution in [0.4, 0.5) is 8.78 Å². The first-order valence-electron chi connectivity index (χ1n) is 9.45. The van der Waals surface area contributed by atoms with Crippen LogP contribution in [0.15, 0.2) is 41.5 Å². The number of nitrogens with zero attached hydrogens (tertiary/aromatic N) is 3. The van der Waals surface area contributed by atoms with E-state index in [1.807, 2.05) is 24.5 Å². The summed E-state index contributed by atoms with van der Waals surface area (Å²) >= 11 is 0. The van der Waals surface area contributed by atoms with Crippen molar-refractivity contribution in [1.29, 1.82) is 0 Å². The van der Waals surface area contributed by atoms with Gasteiger partial charge in [0.25, 0.3) is 5.91 Å². The highest BCUT2D eigenvalue weighted by Crippen LogP contribution is 2.31. The lowest BCUT2D eigenvalue weighted by atomic mass is 10.2. The van der Waals surface area contributed by atoms with Crippen molar-refractivity contribution in [2.45, 2.75) is 33.9 Å². The second kappa shape index (κ2) is 9.34. The van der Waals surface area contributed by atoms with Gasteiger partial charge in [-0.1, -0.05) is 6.07 Å². The SMILES string of the molecule is CCOc1cccc(/C=N\NC(=O)c2ccc3c(c2)nc(C)n3CC)c1OC(F)F. The molecule has 30 heavy (non-hydrogen) atoms. The first-order valence-corrected chi connectivity index (χ1v) is 9.45. The first kappa shape index (κ1) is 21.2. The van der Waals surface area contributed by atoms with E-state index < -0.39 is 12.5 Å². The minimum Gasteiger partial charge on any atom is -0.490 e. The average Bonchev–Trinajstić information content (AvgIpc) is 3.03. The third kappa shape index (κ3) is 4.56. The van der Waals surface area contributed by atoms with Crippen LogP contribution in [0, 0.1) is 6.92 Å². The Kier molecular flexibility index (Phi) is 6.61. The number of carbonyl (C=O) groups excluding carboxylic acids is 1. The Morgan fingerprint density at radius 2 is 2.10 bits per heavy atom. The minimum atomic E-state index is -3.02. The second-order valence-corrected chi connectivity index (χ2v) is 6.29. The fourth-order valence-electron chi connectivity index (χ4n) is 3.13. The molecule has 0 aliphatic rings. The van der Waals surface area contributed by atoms with Gasteiger partial charge in [0, 0.05) is 17.7 Å². The summed E-state index contributed by atoms with van der Waals surface area (Å²) in [5.41, 5.74) is 4.67. The van der Waals surface area contributed by atoms with Gasteiger partial charge in [-0.2, -0.15) is 13.9 Å². The Labute approximate surface area is 172 Å². The van der Waals surface area contributed by atoms with Gasteiger partial charge in [0.15, 0.2) is 11.5 Å². The summed E-state index contributed by atoms with van der Waals surface area (Å²) < 4.78 is 37.5. The highest BCUT2D eigenvalue weighted by atomic mass is 19.3. The quantitative estimate of drug-likeness (QED) is 0.443. The molecule has 0 radical (unpaired) electrons. The van der Waals surface area contributed by atoms with Crippen molar-refractivity contribution in [2.24, 2.45) is 5.10 Å². The van der Waals surface area contributed by atoms with Crippen LogP contribution in [0.25, 0.3) is 11.0 Å². The Bertz CT molecular complexity index is 1080. The predicted molar refractivity (Wildman–Crippen MR) is 109 cm³/mol. The minimum absolute atomic E-state index is 0.144. The van der Waals surface area contributed by atoms with Crippen molar-refractivity contribution in [1.82, 2.24) is 15.0 Å². The molecule has 0 saturated carbocycles. The summed E-state index contributed by atoms with van der Waals surface area (Å²) in [4.78, 5) is 16.9. The number of nitrogens with one attached hydrogen (secondary N) is 1. The molecular weight excluding hydrogens is 394 g/mol. The molecule has 0 atom stereocenters. The van der Waals surface area contributed by atoms with Crippen molar-refractivity contribution in [3.8, 4) is 11.5 Å². The summed E-state index contributed by atoms with van der Waals surface area (Å²) in [6, 6.07) is 9.86. The number of hydrogen-bond acceptors (Lipinski definition) is 5. The number of hydrazone groups is 1. The fourth-order valence-corrected chi connectivity index (χ4v) is 3.13. The van der Waals surface area contributed by atoms with E-state index in [-0.39, 0.29) is 23.7 Å². The summed E-state index contributed by atoms with van der Waals surface area (Å²) in [5, 5.41) is 3.88. The van der Waals surface area contributed by atoms with E-state index in [0.29, 0.717) is 11.1 Å². The van der Waals surface area contributed by atoms with Gasteiger partial charge < -0.3 is 14.0 Å². The van der Waals surface area contributed by atoms with Crippen LogP contribution in [0.5, 0.6) is 11.5 Å². The maximum Gasteiger partial charge on any atom is 0.387 e. The van der Waals surface area contributed by atoms with Crippen LogP contribution >= 0.6 is 0 Å². The number of aryl methyl sites for hydroxylation is 2. The smallest absolute Gasteiger partial charge is 0.387 e. The van der Waals surface area contributed by atoms with Crippen LogP contribution < -0.4 is 14.9 Å². The van der Waals surface area contributed by atoms with E-state index in [9.17, 15) is 13.6 Å². The molecule has 2 aromatic carbocycles. The molecule has 1 heterocycles. The fraction of sp³-hybridized carbons (Fsp3) is 0.286. The number of aromatic nitrogens is 2. The summed E-state index contributed by atoms with van der Waals surface area (Å²) in [5.74, 6) is 0.438. The number of alkyl halides is 2. The number of ether oxygens (including phenoxy) is 2. The molecule has 0 unspecified atom stereocenters. The molecule has 1 aromatic heterocycles. The maximum atomic E-state index is 12.8. The molecule has 7 nitrogen and oxygen atoms in total. The molecule has 3 rings (SSSR count). The topological polar surface area (TPSA) is 77.7 Å². The number of hydrogen-bond donors (Lipinski definition) is 1. The molecule has 0 fully saturated rings. The lowest BCUT2D eigenvalue weighted by molar-refractivity contribution is -0.0515. The Morgan fingerprint density at radius 3 is 2.80 bits per heavy atom. The lowest BCUT2D eigenvalue weighted by Gasteiger charge is -2.13. The molecule has 1 amide bonds. The van der Waals surface area contributed by atoms with Gasteiger partial charge in [-0.25, -0.2) is 10.4 Å². The normalized spacial score (nSPS) is 11.4. The summed E-state index contributed by atoms with van der Waals surface area (Å²) in [7, 11) is 0. The van der Waals surface area contributed by atoms with Gasteiger partial charge in [0.2, 0.25) is 0 Å². The maximum absolute atomic E-state index is 12.8. The molecule has 0 spiro atoms. The Morgan fingerprint density at radius 1 is 1.30 bits per heavy atom. The van der Waals surface area contributed by atoms with Crippen molar-refractivity contribution in [2.75, 3.05) is 6.61 Å². The molecule has 0 aliphatic carbocycles. The van der Waals surface area contributed by atoms with Gasteiger partial charge in [-0.05, 0) is 51.1 Å². The molecule has 158 valence electrons. The number of fused-ring (bicyclic) bond motifs is 1. The van der Waals surface area contributed by atoms with Crippen molar-refractivity contribution in [3.05, 3.63) is 53.3 Å². The largest absolute Gasteiger partial charge is 0.490 e. The van der Waals surface area contributed by atoms with Crippen molar-refractivity contribution >= 4 is 23.2 Å². The van der Waals surface area contributed by atoms with Crippen LogP contribution in [0.2, 0.25) is 0 Å². The van der Waals surface area contributed by atoms with Gasteiger partial charge >= 0.3 is 6.61 Å². The molecule has 0 aliphatic heterocycles. The molecular formula is C21H22F2N4O3. The van der Waals surface area contributed by atoms with Crippen LogP contribution in [0.3, 0.4) is 0 Å². The third-order valence-corrected chi connectivity index (χ3v) is 4.40. The predicted octanol–water partition coefficient (Wildman–Crippen LogP) is 4.13. The van der Waals surface area contributed by atoms with E-state index in [0.717, 1.165) is 17.9 Å². The molecule has 1 N–H and O–H groups in total. The molecule has 9 heteroatoms. The van der Waals surface area contributed by atoms with E-state index in [1.54, 1.807) is 25.1 Å². The number of carbonyl (C=O) groups is 1. The van der Waals surface area contributed by atoms with Crippen molar-refractivity contribution < 1.29 is 23.0 Å². The lowest BCUT2D eigenvalue weighted by Crippen LogP contribution is -2.17. The van der Waals surface area contributed by atoms with Gasteiger partial charge in [0.1, 0.15) is 5.82 Å². The van der Waals surface area contributed by atoms with E-state index in [2.05, 4.69) is 20.2 Å². The van der Waals surface area contributed by atoms with Gasteiger partial charge in [0.05, 0.1) is 23.9 Å². The second-order valence-electron chi connectivity index (χ2n) is 6.29. The van der Waals surface area contributed by atoms with Gasteiger partial charge in [-0.15, -0.1) is 0 Å². The number of amides is 1. The highest BCUT2D eigenvalue weighted by Gasteiger charge is 2.15. The zero-order valence-corrected chi connectivity index (χ0v) is 16.9. The van der Waals surface area contributed by atoms with E-state index >= 15 is 0 Å². The molecule has 3 aromatic rings. The standard InChI is InChI=1S/C21H22F2N4O3/c1-4-27-13(3)25-16-11-14(9-10-17(16)27)20(28)26-24-12-15-7-6-8-18(29-5-2)19(15)30-21(22)23/h6-12,21H,4-5H2,1-3H3,(H,26,28)/b24-12-. The summed E-state index contributed by atoms with van der Waals surface area (Å²) in [6.45, 7) is 3.70. The first-order chi connectivity index (χ1) is 14.4. The number of halogens is 2. The van der Waals surface area contributed by atoms with Crippen LogP contribution in [0.1, 0.15) is 35.6 Å². The highest BCUT2D eigenvalue weighted by molar-refractivity contribution is 5.98. The molecule has 0 saturated heterocycles. The summed E-state index contributed by atoms with van der Waals surface area (Å²) in [6.07, 6.45) is 1.23. The number of rotatable bonds is 8. The average molecular weight is 416 g/mol. The van der Waals surface area contributed by atoms with Gasteiger partial charge in [-0.3, -0.25) is 4.79 Å². The third-order valence-electron chi connectivity index (χ3n) is 4.40. The van der Waals surface area contributed by atoms with Crippen LogP contribution in [-0.4, -0.2) is 34.9 Å². The Hall–Kier alpha value is -3.49. The van der Waals surface area contributed by atoms with Crippen molar-refractivity contribution in [3.63, 3.8) is 0 Å². The monoisotopic (exact) mass is 416 g/mol.